The van der Waals surface area contributed by atoms with Gasteiger partial charge in [0.05, 0.1) is 19.9 Å². The summed E-state index contributed by atoms with van der Waals surface area (Å²) in [7, 11) is 3.28. The van der Waals surface area contributed by atoms with Crippen molar-refractivity contribution in [3.05, 3.63) is 59.1 Å². The van der Waals surface area contributed by atoms with Gasteiger partial charge in [-0.3, -0.25) is 0 Å². The molecule has 0 unspecified atom stereocenters. The average molecular weight is 467 g/mol. The maximum absolute atomic E-state index is 5.42. The van der Waals surface area contributed by atoms with Crippen molar-refractivity contribution < 1.29 is 9.47 Å². The molecule has 0 fully saturated rings. The van der Waals surface area contributed by atoms with Crippen molar-refractivity contribution >= 4 is 23.1 Å². The molecular weight excluding hydrogens is 440 g/mol. The largest absolute Gasteiger partial charge is 0.493 e. The van der Waals surface area contributed by atoms with Gasteiger partial charge < -0.3 is 14.0 Å². The number of hydrogen-bond donors (Lipinski definition) is 0. The lowest BCUT2D eigenvalue weighted by Gasteiger charge is -2.09. The van der Waals surface area contributed by atoms with Gasteiger partial charge in [-0.2, -0.15) is 0 Å². The van der Waals surface area contributed by atoms with E-state index in [0.29, 0.717) is 11.5 Å². The van der Waals surface area contributed by atoms with Crippen LogP contribution in [-0.2, 0) is 12.3 Å². The van der Waals surface area contributed by atoms with E-state index >= 15 is 0 Å². The summed E-state index contributed by atoms with van der Waals surface area (Å²) in [4.78, 5) is 4.82. The monoisotopic (exact) mass is 466 g/mol. The summed E-state index contributed by atoms with van der Waals surface area (Å²) in [5.74, 6) is 3.07. The lowest BCUT2D eigenvalue weighted by atomic mass is 10.1. The van der Waals surface area contributed by atoms with Gasteiger partial charge in [0.2, 0.25) is 0 Å². The van der Waals surface area contributed by atoms with Crippen molar-refractivity contribution in [1.82, 2.24) is 19.7 Å². The highest BCUT2D eigenvalue weighted by molar-refractivity contribution is 7.98. The smallest absolute Gasteiger partial charge is 0.191 e. The summed E-state index contributed by atoms with van der Waals surface area (Å²) in [6.45, 7) is 5.15. The topological polar surface area (TPSA) is 62.1 Å². The lowest BCUT2D eigenvalue weighted by Crippen LogP contribution is -2.02. The van der Waals surface area contributed by atoms with E-state index < -0.39 is 0 Å². The molecule has 0 bridgehead atoms. The van der Waals surface area contributed by atoms with Crippen LogP contribution in [0, 0.1) is 6.92 Å². The van der Waals surface area contributed by atoms with Gasteiger partial charge in [0.1, 0.15) is 5.01 Å². The molecule has 166 valence electrons. The molecule has 6 nitrogen and oxygen atoms in total. The fraction of sp³-hybridized carbons (Fsp3) is 0.292. The van der Waals surface area contributed by atoms with Crippen LogP contribution >= 0.6 is 23.1 Å². The summed E-state index contributed by atoms with van der Waals surface area (Å²) < 4.78 is 13.0. The van der Waals surface area contributed by atoms with Gasteiger partial charge in [0.25, 0.3) is 0 Å². The predicted octanol–water partition coefficient (Wildman–Crippen LogP) is 6.10. The Hall–Kier alpha value is -2.84. The van der Waals surface area contributed by atoms with Crippen LogP contribution in [0.4, 0.5) is 0 Å². The van der Waals surface area contributed by atoms with E-state index in [0.717, 1.165) is 51.5 Å². The second-order valence-corrected chi connectivity index (χ2v) is 9.13. The standard InChI is InChI=1S/C24H26N4O2S2/c1-5-11-28-22(17-8-6-7-16(2)12-17)26-27-24(28)32-15-19-14-31-23(25-19)18-9-10-20(29-3)21(13-18)30-4/h6-10,12-14H,5,11,15H2,1-4H3. The molecule has 0 N–H and O–H groups in total. The molecule has 0 atom stereocenters. The van der Waals surface area contributed by atoms with E-state index in [1.165, 1.54) is 5.56 Å². The number of benzene rings is 2. The van der Waals surface area contributed by atoms with Crippen LogP contribution in [0.3, 0.4) is 0 Å². The molecule has 0 saturated carbocycles. The van der Waals surface area contributed by atoms with Crippen LogP contribution in [0.2, 0.25) is 0 Å². The van der Waals surface area contributed by atoms with Crippen molar-refractivity contribution in [1.29, 1.82) is 0 Å². The summed E-state index contributed by atoms with van der Waals surface area (Å²) in [5, 5.41) is 13.0. The third-order valence-electron chi connectivity index (χ3n) is 4.97. The third-order valence-corrected chi connectivity index (χ3v) is 6.91. The van der Waals surface area contributed by atoms with Crippen LogP contribution < -0.4 is 9.47 Å². The number of methoxy groups -OCH3 is 2. The molecule has 4 aromatic rings. The normalized spacial score (nSPS) is 11.0. The molecular formula is C24H26N4O2S2. The Labute approximate surface area is 196 Å². The number of nitrogens with zero attached hydrogens (tertiary/aromatic N) is 4. The van der Waals surface area contributed by atoms with Crippen LogP contribution in [0.15, 0.2) is 53.0 Å². The Morgan fingerprint density at radius 1 is 1.00 bits per heavy atom. The van der Waals surface area contributed by atoms with Gasteiger partial charge in [-0.25, -0.2) is 4.98 Å². The first kappa shape index (κ1) is 22.4. The van der Waals surface area contributed by atoms with E-state index in [1.807, 2.05) is 18.2 Å². The number of rotatable bonds is 9. The first-order chi connectivity index (χ1) is 15.6. The fourth-order valence-corrected chi connectivity index (χ4v) is 5.21. The highest BCUT2D eigenvalue weighted by Crippen LogP contribution is 2.34. The number of hydrogen-bond acceptors (Lipinski definition) is 7. The van der Waals surface area contributed by atoms with Crippen LogP contribution in [0.1, 0.15) is 24.6 Å². The van der Waals surface area contributed by atoms with Crippen LogP contribution in [0.5, 0.6) is 11.5 Å². The maximum atomic E-state index is 5.42. The van der Waals surface area contributed by atoms with E-state index in [2.05, 4.69) is 58.3 Å². The lowest BCUT2D eigenvalue weighted by molar-refractivity contribution is 0.355. The zero-order valence-electron chi connectivity index (χ0n) is 18.7. The summed E-state index contributed by atoms with van der Waals surface area (Å²) in [6.07, 6.45) is 1.02. The second kappa shape index (κ2) is 10.2. The third kappa shape index (κ3) is 4.81. The van der Waals surface area contributed by atoms with Crippen molar-refractivity contribution in [2.24, 2.45) is 0 Å². The van der Waals surface area contributed by atoms with Crippen molar-refractivity contribution in [3.8, 4) is 33.5 Å². The second-order valence-electron chi connectivity index (χ2n) is 7.33. The zero-order valence-corrected chi connectivity index (χ0v) is 20.3. The Balaban J connectivity index is 1.52. The number of ether oxygens (including phenoxy) is 2. The highest BCUT2D eigenvalue weighted by atomic mass is 32.2. The molecule has 0 spiro atoms. The predicted molar refractivity (Wildman–Crippen MR) is 131 cm³/mol. The van der Waals surface area contributed by atoms with Gasteiger partial charge >= 0.3 is 0 Å². The van der Waals surface area contributed by atoms with Gasteiger partial charge in [-0.05, 0) is 37.6 Å². The van der Waals surface area contributed by atoms with Gasteiger partial charge in [-0.1, -0.05) is 42.4 Å². The van der Waals surface area contributed by atoms with Crippen LogP contribution in [-0.4, -0.2) is 34.0 Å². The molecule has 0 aliphatic carbocycles. The Morgan fingerprint density at radius 3 is 2.59 bits per heavy atom. The molecule has 0 amide bonds. The molecule has 32 heavy (non-hydrogen) atoms. The Bertz CT molecular complexity index is 1200. The van der Waals surface area contributed by atoms with Crippen molar-refractivity contribution in [3.63, 3.8) is 0 Å². The average Bonchev–Trinajstić information content (AvgIpc) is 3.44. The van der Waals surface area contributed by atoms with E-state index in [1.54, 1.807) is 37.3 Å². The van der Waals surface area contributed by atoms with Crippen molar-refractivity contribution in [2.45, 2.75) is 37.7 Å². The molecule has 0 saturated heterocycles. The summed E-state index contributed by atoms with van der Waals surface area (Å²) in [6, 6.07) is 14.3. The number of thiazole rings is 1. The Morgan fingerprint density at radius 2 is 1.84 bits per heavy atom. The molecule has 2 aromatic heterocycles. The van der Waals surface area contributed by atoms with E-state index in [4.69, 9.17) is 14.5 Å². The zero-order chi connectivity index (χ0) is 22.5. The molecule has 0 aliphatic rings. The van der Waals surface area contributed by atoms with Crippen molar-refractivity contribution in [2.75, 3.05) is 14.2 Å². The number of aryl methyl sites for hydroxylation is 1. The highest BCUT2D eigenvalue weighted by Gasteiger charge is 2.15. The summed E-state index contributed by atoms with van der Waals surface area (Å²) >= 11 is 3.30. The molecule has 2 aromatic carbocycles. The van der Waals surface area contributed by atoms with Gasteiger partial charge in [-0.15, -0.1) is 21.5 Å². The van der Waals surface area contributed by atoms with Gasteiger partial charge in [0.15, 0.2) is 22.5 Å². The molecule has 0 aliphatic heterocycles. The fourth-order valence-electron chi connectivity index (χ4n) is 3.43. The number of thioether (sulfide) groups is 1. The SMILES string of the molecule is CCCn1c(SCc2csc(-c3ccc(OC)c(OC)c3)n2)nnc1-c1cccc(C)c1. The van der Waals surface area contributed by atoms with E-state index in [-0.39, 0.29) is 0 Å². The van der Waals surface area contributed by atoms with Gasteiger partial charge in [0, 0.05) is 28.8 Å². The minimum atomic E-state index is 0.701. The molecule has 0 radical (unpaired) electrons. The molecule has 2 heterocycles. The first-order valence-electron chi connectivity index (χ1n) is 10.4. The Kier molecular flexibility index (Phi) is 7.12. The van der Waals surface area contributed by atoms with Crippen LogP contribution in [0.25, 0.3) is 22.0 Å². The number of aromatic nitrogens is 4. The van der Waals surface area contributed by atoms with E-state index in [9.17, 15) is 0 Å². The minimum Gasteiger partial charge on any atom is -0.493 e. The maximum Gasteiger partial charge on any atom is 0.191 e. The first-order valence-corrected chi connectivity index (χ1v) is 12.3. The quantitative estimate of drug-likeness (QED) is 0.278. The molecule has 4 rings (SSSR count). The molecule has 8 heteroatoms. The minimum absolute atomic E-state index is 0.701. The summed E-state index contributed by atoms with van der Waals surface area (Å²) in [5.41, 5.74) is 4.35.